The summed E-state index contributed by atoms with van der Waals surface area (Å²) in [5.41, 5.74) is 10.2. The number of hydrogen-bond donors (Lipinski definition) is 1. The standard InChI is InChI=1S/C20H24N4/c1-20(2,3)19-13-18(16(14-21)17-11-7-8-12-22-17)24(23-19)15-9-5-4-6-10-15/h4-13,16H,14,21H2,1-3H3. The van der Waals surface area contributed by atoms with Crippen molar-refractivity contribution in [3.63, 3.8) is 0 Å². The van der Waals surface area contributed by atoms with Gasteiger partial charge in [0.25, 0.3) is 0 Å². The van der Waals surface area contributed by atoms with Crippen LogP contribution in [0.25, 0.3) is 5.69 Å². The van der Waals surface area contributed by atoms with Crippen LogP contribution in [0.1, 0.15) is 43.8 Å². The third-order valence-corrected chi connectivity index (χ3v) is 4.14. The maximum Gasteiger partial charge on any atom is 0.0685 e. The number of para-hydroxylation sites is 1. The van der Waals surface area contributed by atoms with E-state index in [2.05, 4.69) is 44.0 Å². The first kappa shape index (κ1) is 16.4. The van der Waals surface area contributed by atoms with E-state index in [-0.39, 0.29) is 11.3 Å². The van der Waals surface area contributed by atoms with Crippen molar-refractivity contribution >= 4 is 0 Å². The topological polar surface area (TPSA) is 56.7 Å². The molecule has 0 radical (unpaired) electrons. The van der Waals surface area contributed by atoms with E-state index in [1.165, 1.54) is 0 Å². The van der Waals surface area contributed by atoms with Gasteiger partial charge >= 0.3 is 0 Å². The zero-order valence-corrected chi connectivity index (χ0v) is 14.5. The largest absolute Gasteiger partial charge is 0.329 e. The molecule has 0 amide bonds. The van der Waals surface area contributed by atoms with Gasteiger partial charge in [-0.1, -0.05) is 45.0 Å². The molecule has 4 nitrogen and oxygen atoms in total. The highest BCUT2D eigenvalue weighted by atomic mass is 15.3. The lowest BCUT2D eigenvalue weighted by molar-refractivity contribution is 0.559. The van der Waals surface area contributed by atoms with Crippen molar-refractivity contribution in [2.75, 3.05) is 6.54 Å². The first-order valence-electron chi connectivity index (χ1n) is 8.27. The molecule has 2 heterocycles. The molecule has 124 valence electrons. The van der Waals surface area contributed by atoms with E-state index in [1.54, 1.807) is 0 Å². The Morgan fingerprint density at radius 3 is 2.33 bits per heavy atom. The Labute approximate surface area is 143 Å². The van der Waals surface area contributed by atoms with Crippen LogP contribution in [0.4, 0.5) is 0 Å². The van der Waals surface area contributed by atoms with Gasteiger partial charge in [0, 0.05) is 18.2 Å². The van der Waals surface area contributed by atoms with Crippen LogP contribution in [0, 0.1) is 0 Å². The maximum absolute atomic E-state index is 6.12. The number of nitrogens with zero attached hydrogens (tertiary/aromatic N) is 3. The summed E-state index contributed by atoms with van der Waals surface area (Å²) in [5, 5.41) is 4.88. The molecule has 24 heavy (non-hydrogen) atoms. The Morgan fingerprint density at radius 1 is 1.04 bits per heavy atom. The fraction of sp³-hybridized carbons (Fsp3) is 0.300. The summed E-state index contributed by atoms with van der Waals surface area (Å²) in [4.78, 5) is 4.51. The maximum atomic E-state index is 6.12. The molecule has 0 saturated heterocycles. The number of nitrogens with two attached hydrogens (primary N) is 1. The minimum absolute atomic E-state index is 0.00926. The minimum atomic E-state index is -0.0297. The second kappa shape index (κ2) is 6.57. The summed E-state index contributed by atoms with van der Waals surface area (Å²) in [7, 11) is 0. The fourth-order valence-electron chi connectivity index (χ4n) is 2.76. The van der Waals surface area contributed by atoms with E-state index < -0.39 is 0 Å². The van der Waals surface area contributed by atoms with Crippen molar-refractivity contribution in [2.24, 2.45) is 5.73 Å². The van der Waals surface area contributed by atoms with Gasteiger partial charge in [-0.3, -0.25) is 4.98 Å². The molecule has 0 saturated carbocycles. The smallest absolute Gasteiger partial charge is 0.0685 e. The lowest BCUT2D eigenvalue weighted by Gasteiger charge is -2.16. The second-order valence-electron chi connectivity index (χ2n) is 6.99. The first-order valence-corrected chi connectivity index (χ1v) is 8.27. The molecule has 0 aliphatic rings. The Hall–Kier alpha value is -2.46. The highest BCUT2D eigenvalue weighted by Crippen LogP contribution is 2.29. The van der Waals surface area contributed by atoms with Crippen molar-refractivity contribution in [3.8, 4) is 5.69 Å². The van der Waals surface area contributed by atoms with E-state index in [4.69, 9.17) is 10.8 Å². The molecule has 2 N–H and O–H groups in total. The van der Waals surface area contributed by atoms with E-state index in [1.807, 2.05) is 47.3 Å². The van der Waals surface area contributed by atoms with Crippen LogP contribution in [0.15, 0.2) is 60.8 Å². The molecule has 1 aromatic carbocycles. The predicted molar refractivity (Wildman–Crippen MR) is 97.4 cm³/mol. The summed E-state index contributed by atoms with van der Waals surface area (Å²) >= 11 is 0. The van der Waals surface area contributed by atoms with Crippen LogP contribution in [0.5, 0.6) is 0 Å². The molecule has 2 aromatic heterocycles. The van der Waals surface area contributed by atoms with Gasteiger partial charge < -0.3 is 5.73 Å². The highest BCUT2D eigenvalue weighted by Gasteiger charge is 2.25. The second-order valence-corrected chi connectivity index (χ2v) is 6.99. The van der Waals surface area contributed by atoms with Crippen LogP contribution < -0.4 is 5.73 Å². The summed E-state index contributed by atoms with van der Waals surface area (Å²) in [6, 6.07) is 18.3. The molecule has 0 bridgehead atoms. The molecule has 3 rings (SSSR count). The van der Waals surface area contributed by atoms with Crippen molar-refractivity contribution in [1.82, 2.24) is 14.8 Å². The Bertz CT molecular complexity index is 786. The summed E-state index contributed by atoms with van der Waals surface area (Å²) in [5.74, 6) is 0.00926. The molecule has 0 fully saturated rings. The summed E-state index contributed by atoms with van der Waals surface area (Å²) in [6.07, 6.45) is 1.81. The first-order chi connectivity index (χ1) is 11.5. The molecule has 0 spiro atoms. The molecule has 0 aliphatic heterocycles. The van der Waals surface area contributed by atoms with Gasteiger partial charge in [-0.05, 0) is 30.3 Å². The van der Waals surface area contributed by atoms with E-state index >= 15 is 0 Å². The van der Waals surface area contributed by atoms with Crippen molar-refractivity contribution < 1.29 is 0 Å². The highest BCUT2D eigenvalue weighted by molar-refractivity contribution is 5.38. The molecule has 0 aliphatic carbocycles. The Balaban J connectivity index is 2.16. The number of hydrogen-bond acceptors (Lipinski definition) is 3. The van der Waals surface area contributed by atoms with Gasteiger partial charge in [0.05, 0.1) is 28.7 Å². The van der Waals surface area contributed by atoms with Gasteiger partial charge in [-0.2, -0.15) is 5.10 Å². The van der Waals surface area contributed by atoms with Gasteiger partial charge in [0.15, 0.2) is 0 Å². The van der Waals surface area contributed by atoms with Gasteiger partial charge in [-0.15, -0.1) is 0 Å². The van der Waals surface area contributed by atoms with Gasteiger partial charge in [0.2, 0.25) is 0 Å². The zero-order valence-electron chi connectivity index (χ0n) is 14.5. The van der Waals surface area contributed by atoms with E-state index in [0.717, 1.165) is 22.8 Å². The molecule has 1 unspecified atom stereocenters. The van der Waals surface area contributed by atoms with Crippen LogP contribution in [-0.2, 0) is 5.41 Å². The third-order valence-electron chi connectivity index (χ3n) is 4.14. The molecular weight excluding hydrogens is 296 g/mol. The van der Waals surface area contributed by atoms with Crippen LogP contribution in [0.2, 0.25) is 0 Å². The monoisotopic (exact) mass is 320 g/mol. The van der Waals surface area contributed by atoms with Crippen LogP contribution in [-0.4, -0.2) is 21.3 Å². The average molecular weight is 320 g/mol. The minimum Gasteiger partial charge on any atom is -0.329 e. The van der Waals surface area contributed by atoms with Crippen LogP contribution in [0.3, 0.4) is 0 Å². The quantitative estimate of drug-likeness (QED) is 0.798. The molecular formula is C20H24N4. The molecule has 1 atom stereocenters. The number of rotatable bonds is 4. The summed E-state index contributed by atoms with van der Waals surface area (Å²) < 4.78 is 2.01. The van der Waals surface area contributed by atoms with Crippen molar-refractivity contribution in [2.45, 2.75) is 32.1 Å². The van der Waals surface area contributed by atoms with E-state index in [0.29, 0.717) is 6.54 Å². The number of pyridine rings is 1. The third kappa shape index (κ3) is 3.24. The summed E-state index contributed by atoms with van der Waals surface area (Å²) in [6.45, 7) is 7.01. The van der Waals surface area contributed by atoms with E-state index in [9.17, 15) is 0 Å². The number of benzene rings is 1. The van der Waals surface area contributed by atoms with Crippen LogP contribution >= 0.6 is 0 Å². The van der Waals surface area contributed by atoms with Crippen molar-refractivity contribution in [3.05, 3.63) is 77.9 Å². The van der Waals surface area contributed by atoms with Gasteiger partial charge in [-0.25, -0.2) is 4.68 Å². The average Bonchev–Trinajstić information content (AvgIpc) is 3.03. The zero-order chi connectivity index (χ0) is 17.2. The number of aromatic nitrogens is 3. The molecule has 4 heteroatoms. The Morgan fingerprint density at radius 2 is 1.75 bits per heavy atom. The molecule has 3 aromatic rings. The SMILES string of the molecule is CC(C)(C)c1cc(C(CN)c2ccccn2)n(-c2ccccc2)n1. The lowest BCUT2D eigenvalue weighted by Crippen LogP contribution is -2.18. The Kier molecular flexibility index (Phi) is 4.49. The normalized spacial score (nSPS) is 13.0. The lowest BCUT2D eigenvalue weighted by atomic mass is 9.91. The fourth-order valence-corrected chi connectivity index (χ4v) is 2.76. The van der Waals surface area contributed by atoms with Gasteiger partial charge in [0.1, 0.15) is 0 Å². The predicted octanol–water partition coefficient (Wildman–Crippen LogP) is 3.66. The van der Waals surface area contributed by atoms with Crippen molar-refractivity contribution in [1.29, 1.82) is 0 Å².